The van der Waals surface area contributed by atoms with Crippen LogP contribution in [0.2, 0.25) is 0 Å². The number of nitrogens with zero attached hydrogens (tertiary/aromatic N) is 2. The van der Waals surface area contributed by atoms with Gasteiger partial charge in [-0.15, -0.1) is 0 Å². The summed E-state index contributed by atoms with van der Waals surface area (Å²) in [7, 11) is 0. The molecule has 4 nitrogen and oxygen atoms in total. The van der Waals surface area contributed by atoms with Gasteiger partial charge in [-0.3, -0.25) is 14.7 Å². The number of carboxylic acids is 1. The quantitative estimate of drug-likeness (QED) is 0.642. The van der Waals surface area contributed by atoms with E-state index in [9.17, 15) is 23.1 Å². The van der Waals surface area contributed by atoms with Crippen molar-refractivity contribution in [2.45, 2.75) is 25.1 Å². The van der Waals surface area contributed by atoms with Gasteiger partial charge >= 0.3 is 12.1 Å². The molecule has 1 aliphatic heterocycles. The fourth-order valence-electron chi connectivity index (χ4n) is 4.06. The lowest BCUT2D eigenvalue weighted by Crippen LogP contribution is -2.39. The van der Waals surface area contributed by atoms with Gasteiger partial charge in [0, 0.05) is 5.39 Å². The van der Waals surface area contributed by atoms with Crippen molar-refractivity contribution >= 4 is 16.9 Å². The summed E-state index contributed by atoms with van der Waals surface area (Å²) in [6, 6.07) is 16.4. The number of alkyl halides is 3. The Morgan fingerprint density at radius 2 is 1.67 bits per heavy atom. The maximum atomic E-state index is 13.0. The summed E-state index contributed by atoms with van der Waals surface area (Å²) < 4.78 is 39.0. The maximum Gasteiger partial charge on any atom is 0.416 e. The summed E-state index contributed by atoms with van der Waals surface area (Å²) in [5.74, 6) is -1.19. The number of rotatable bonds is 4. The zero-order chi connectivity index (χ0) is 21.3. The molecule has 4 rings (SSSR count). The lowest BCUT2D eigenvalue weighted by atomic mass is 9.92. The lowest BCUT2D eigenvalue weighted by molar-refractivity contribution is -0.143. The minimum Gasteiger partial charge on any atom is -0.481 e. The van der Waals surface area contributed by atoms with E-state index >= 15 is 0 Å². The van der Waals surface area contributed by atoms with E-state index in [4.69, 9.17) is 4.98 Å². The molecule has 7 heteroatoms. The average Bonchev–Trinajstić information content (AvgIpc) is 2.74. The first-order valence-electron chi connectivity index (χ1n) is 9.82. The van der Waals surface area contributed by atoms with Gasteiger partial charge in [0.05, 0.1) is 28.7 Å². The summed E-state index contributed by atoms with van der Waals surface area (Å²) in [6.07, 6.45) is -3.39. The van der Waals surface area contributed by atoms with Crippen LogP contribution in [-0.4, -0.2) is 34.0 Å². The minimum absolute atomic E-state index is 0.341. The van der Waals surface area contributed by atoms with E-state index in [1.165, 1.54) is 12.1 Å². The van der Waals surface area contributed by atoms with Crippen LogP contribution in [0.25, 0.3) is 10.9 Å². The zero-order valence-electron chi connectivity index (χ0n) is 16.1. The minimum atomic E-state index is -4.39. The first kappa shape index (κ1) is 20.3. The Morgan fingerprint density at radius 1 is 1.00 bits per heavy atom. The van der Waals surface area contributed by atoms with E-state index in [2.05, 4.69) is 4.90 Å². The summed E-state index contributed by atoms with van der Waals surface area (Å²) in [5, 5.41) is 10.3. The van der Waals surface area contributed by atoms with E-state index in [0.717, 1.165) is 28.7 Å². The van der Waals surface area contributed by atoms with Crippen molar-refractivity contribution in [3.05, 3.63) is 77.5 Å². The third-order valence-corrected chi connectivity index (χ3v) is 5.70. The van der Waals surface area contributed by atoms with Crippen LogP contribution < -0.4 is 0 Å². The second-order valence-corrected chi connectivity index (χ2v) is 7.60. The number of para-hydroxylation sites is 1. The first-order valence-corrected chi connectivity index (χ1v) is 9.82. The monoisotopic (exact) mass is 414 g/mol. The normalized spacial score (nSPS) is 17.2. The summed E-state index contributed by atoms with van der Waals surface area (Å²) in [5.41, 5.74) is 1.56. The molecule has 1 aliphatic rings. The average molecular weight is 414 g/mol. The summed E-state index contributed by atoms with van der Waals surface area (Å²) in [6.45, 7) is 1.08. The Hall–Kier alpha value is -2.93. The number of halogens is 3. The van der Waals surface area contributed by atoms with Gasteiger partial charge in [-0.1, -0.05) is 36.4 Å². The molecule has 3 aromatic rings. The fraction of sp³-hybridized carbons (Fsp3) is 0.304. The highest BCUT2D eigenvalue weighted by atomic mass is 19.4. The van der Waals surface area contributed by atoms with Crippen LogP contribution >= 0.6 is 0 Å². The van der Waals surface area contributed by atoms with Gasteiger partial charge in [-0.2, -0.15) is 13.2 Å². The van der Waals surface area contributed by atoms with Crippen LogP contribution in [-0.2, 0) is 11.0 Å². The molecule has 2 aromatic carbocycles. The smallest absolute Gasteiger partial charge is 0.416 e. The Kier molecular flexibility index (Phi) is 5.47. The SMILES string of the molecule is O=C(O)C1CCN(C(c2ccc(C(F)(F)F)cc2)c2ccc3ccccc3n2)CC1. The number of hydrogen-bond donors (Lipinski definition) is 1. The number of aliphatic carboxylic acids is 1. The zero-order valence-corrected chi connectivity index (χ0v) is 16.1. The topological polar surface area (TPSA) is 53.4 Å². The summed E-state index contributed by atoms with van der Waals surface area (Å²) in [4.78, 5) is 18.2. The number of hydrogen-bond acceptors (Lipinski definition) is 3. The molecule has 156 valence electrons. The standard InChI is InChI=1S/C23H21F3N2O2/c24-23(25,26)18-8-5-16(6-9-18)21(28-13-11-17(12-14-28)22(29)30)20-10-7-15-3-1-2-4-19(15)27-20/h1-10,17,21H,11-14H2,(H,29,30). The van der Waals surface area contributed by atoms with Gasteiger partial charge in [0.15, 0.2) is 0 Å². The molecule has 1 atom stereocenters. The number of fused-ring (bicyclic) bond motifs is 1. The molecule has 1 unspecified atom stereocenters. The second kappa shape index (κ2) is 8.07. The van der Waals surface area contributed by atoms with E-state index < -0.39 is 17.7 Å². The van der Waals surface area contributed by atoms with Crippen LogP contribution in [0.15, 0.2) is 60.7 Å². The van der Waals surface area contributed by atoms with Gasteiger partial charge in [0.2, 0.25) is 0 Å². The van der Waals surface area contributed by atoms with Crippen molar-refractivity contribution in [2.75, 3.05) is 13.1 Å². The number of piperidine rings is 1. The van der Waals surface area contributed by atoms with Crippen molar-refractivity contribution in [1.29, 1.82) is 0 Å². The van der Waals surface area contributed by atoms with Crippen LogP contribution in [0, 0.1) is 5.92 Å². The van der Waals surface area contributed by atoms with Crippen LogP contribution in [0.1, 0.15) is 35.7 Å². The first-order chi connectivity index (χ1) is 14.3. The Balaban J connectivity index is 1.71. The molecule has 0 saturated carbocycles. The highest BCUT2D eigenvalue weighted by Gasteiger charge is 2.33. The summed E-state index contributed by atoms with van der Waals surface area (Å²) >= 11 is 0. The highest BCUT2D eigenvalue weighted by Crippen LogP contribution is 2.35. The molecule has 1 fully saturated rings. The van der Waals surface area contributed by atoms with E-state index in [1.54, 1.807) is 0 Å². The predicted molar refractivity (Wildman–Crippen MR) is 107 cm³/mol. The Bertz CT molecular complexity index is 1040. The van der Waals surface area contributed by atoms with Crippen LogP contribution in [0.5, 0.6) is 0 Å². The van der Waals surface area contributed by atoms with Crippen molar-refractivity contribution < 1.29 is 23.1 Å². The molecule has 0 amide bonds. The number of benzene rings is 2. The van der Waals surface area contributed by atoms with E-state index in [0.29, 0.717) is 31.5 Å². The van der Waals surface area contributed by atoms with Gasteiger partial charge in [-0.25, -0.2) is 0 Å². The van der Waals surface area contributed by atoms with Crippen LogP contribution in [0.3, 0.4) is 0 Å². The molecule has 0 bridgehead atoms. The Morgan fingerprint density at radius 3 is 2.30 bits per heavy atom. The number of aromatic nitrogens is 1. The maximum absolute atomic E-state index is 13.0. The Labute approximate surface area is 172 Å². The molecule has 1 saturated heterocycles. The van der Waals surface area contributed by atoms with Gasteiger partial charge < -0.3 is 5.11 Å². The molecular weight excluding hydrogens is 393 g/mol. The van der Waals surface area contributed by atoms with Crippen molar-refractivity contribution in [3.63, 3.8) is 0 Å². The lowest BCUT2D eigenvalue weighted by Gasteiger charge is -2.36. The number of carboxylic acid groups (broad SMARTS) is 1. The third-order valence-electron chi connectivity index (χ3n) is 5.70. The van der Waals surface area contributed by atoms with Gasteiger partial charge in [0.1, 0.15) is 0 Å². The van der Waals surface area contributed by atoms with E-state index in [-0.39, 0.29) is 12.0 Å². The predicted octanol–water partition coefficient (Wildman–Crippen LogP) is 5.14. The van der Waals surface area contributed by atoms with Gasteiger partial charge in [-0.05, 0) is 55.8 Å². The molecule has 1 N–H and O–H groups in total. The van der Waals surface area contributed by atoms with Crippen molar-refractivity contribution in [2.24, 2.45) is 5.92 Å². The van der Waals surface area contributed by atoms with Gasteiger partial charge in [0.25, 0.3) is 0 Å². The number of likely N-dealkylation sites (tertiary alicyclic amines) is 1. The third kappa shape index (κ3) is 4.16. The molecule has 0 spiro atoms. The molecular formula is C23H21F3N2O2. The molecule has 0 aliphatic carbocycles. The number of carbonyl (C=O) groups is 1. The van der Waals surface area contributed by atoms with Crippen LogP contribution in [0.4, 0.5) is 13.2 Å². The largest absolute Gasteiger partial charge is 0.481 e. The molecule has 1 aromatic heterocycles. The van der Waals surface area contributed by atoms with Crippen molar-refractivity contribution in [1.82, 2.24) is 9.88 Å². The van der Waals surface area contributed by atoms with Crippen molar-refractivity contribution in [3.8, 4) is 0 Å². The molecule has 2 heterocycles. The van der Waals surface area contributed by atoms with E-state index in [1.807, 2.05) is 36.4 Å². The second-order valence-electron chi connectivity index (χ2n) is 7.60. The molecule has 0 radical (unpaired) electrons. The molecule has 30 heavy (non-hydrogen) atoms. The fourth-order valence-corrected chi connectivity index (χ4v) is 4.06. The highest BCUT2D eigenvalue weighted by molar-refractivity contribution is 5.78. The number of pyridine rings is 1.